The SMILES string of the molecule is CC(C)NCCNC(=O)Cc1cccc([N+](=O)[O-])c1. The molecule has 0 unspecified atom stereocenters. The minimum atomic E-state index is -0.464. The maximum atomic E-state index is 11.6. The van der Waals surface area contributed by atoms with E-state index in [1.807, 2.05) is 13.8 Å². The molecule has 0 fully saturated rings. The Morgan fingerprint density at radius 1 is 1.37 bits per heavy atom. The van der Waals surface area contributed by atoms with Crippen molar-refractivity contribution in [2.45, 2.75) is 26.3 Å². The first-order valence-corrected chi connectivity index (χ1v) is 6.22. The maximum Gasteiger partial charge on any atom is 0.269 e. The zero-order valence-electron chi connectivity index (χ0n) is 11.2. The van der Waals surface area contributed by atoms with Gasteiger partial charge in [0.15, 0.2) is 0 Å². The number of nitrogens with one attached hydrogen (secondary N) is 2. The van der Waals surface area contributed by atoms with E-state index in [-0.39, 0.29) is 18.0 Å². The van der Waals surface area contributed by atoms with E-state index in [9.17, 15) is 14.9 Å². The van der Waals surface area contributed by atoms with Crippen LogP contribution in [-0.4, -0.2) is 30.0 Å². The van der Waals surface area contributed by atoms with Gasteiger partial charge in [-0.3, -0.25) is 14.9 Å². The third kappa shape index (κ3) is 5.96. The Hall–Kier alpha value is -1.95. The van der Waals surface area contributed by atoms with Crippen molar-refractivity contribution in [1.29, 1.82) is 0 Å². The van der Waals surface area contributed by atoms with Crippen LogP contribution in [0.25, 0.3) is 0 Å². The molecule has 0 radical (unpaired) electrons. The van der Waals surface area contributed by atoms with E-state index in [0.29, 0.717) is 24.7 Å². The molecule has 0 bridgehead atoms. The summed E-state index contributed by atoms with van der Waals surface area (Å²) in [6.45, 7) is 5.32. The summed E-state index contributed by atoms with van der Waals surface area (Å²) in [6, 6.07) is 6.51. The summed E-state index contributed by atoms with van der Waals surface area (Å²) >= 11 is 0. The second kappa shape index (κ2) is 7.48. The number of hydrogen-bond acceptors (Lipinski definition) is 4. The van der Waals surface area contributed by atoms with Gasteiger partial charge in [-0.2, -0.15) is 0 Å². The summed E-state index contributed by atoms with van der Waals surface area (Å²) in [4.78, 5) is 21.8. The molecule has 6 nitrogen and oxygen atoms in total. The largest absolute Gasteiger partial charge is 0.355 e. The average molecular weight is 265 g/mol. The second-order valence-corrected chi connectivity index (χ2v) is 4.56. The first-order valence-electron chi connectivity index (χ1n) is 6.22. The predicted molar refractivity (Wildman–Crippen MR) is 72.9 cm³/mol. The van der Waals surface area contributed by atoms with E-state index in [4.69, 9.17) is 0 Å². The second-order valence-electron chi connectivity index (χ2n) is 4.56. The van der Waals surface area contributed by atoms with Crippen LogP contribution in [0.15, 0.2) is 24.3 Å². The molecule has 0 aliphatic heterocycles. The van der Waals surface area contributed by atoms with Crippen LogP contribution >= 0.6 is 0 Å². The van der Waals surface area contributed by atoms with Crippen molar-refractivity contribution in [2.24, 2.45) is 0 Å². The van der Waals surface area contributed by atoms with E-state index in [1.165, 1.54) is 12.1 Å². The van der Waals surface area contributed by atoms with E-state index >= 15 is 0 Å². The van der Waals surface area contributed by atoms with Crippen molar-refractivity contribution in [3.05, 3.63) is 39.9 Å². The van der Waals surface area contributed by atoms with E-state index in [2.05, 4.69) is 10.6 Å². The highest BCUT2D eigenvalue weighted by Crippen LogP contribution is 2.13. The average Bonchev–Trinajstić information content (AvgIpc) is 2.34. The van der Waals surface area contributed by atoms with Gasteiger partial charge in [-0.15, -0.1) is 0 Å². The van der Waals surface area contributed by atoms with Gasteiger partial charge >= 0.3 is 0 Å². The van der Waals surface area contributed by atoms with E-state index < -0.39 is 4.92 Å². The molecule has 0 aliphatic rings. The normalized spacial score (nSPS) is 10.5. The van der Waals surface area contributed by atoms with Crippen molar-refractivity contribution in [3.8, 4) is 0 Å². The number of hydrogen-bond donors (Lipinski definition) is 2. The fraction of sp³-hybridized carbons (Fsp3) is 0.462. The van der Waals surface area contributed by atoms with Gasteiger partial charge in [-0.25, -0.2) is 0 Å². The molecule has 1 amide bonds. The fourth-order valence-electron chi connectivity index (χ4n) is 1.59. The number of benzene rings is 1. The number of nitrogens with zero attached hydrogens (tertiary/aromatic N) is 1. The van der Waals surface area contributed by atoms with Crippen LogP contribution in [0.3, 0.4) is 0 Å². The summed E-state index contributed by atoms with van der Waals surface area (Å²) < 4.78 is 0. The third-order valence-corrected chi connectivity index (χ3v) is 2.49. The smallest absolute Gasteiger partial charge is 0.269 e. The van der Waals surface area contributed by atoms with E-state index in [0.717, 1.165) is 0 Å². The van der Waals surface area contributed by atoms with Crippen LogP contribution < -0.4 is 10.6 Å². The lowest BCUT2D eigenvalue weighted by Gasteiger charge is -2.09. The molecule has 0 aliphatic carbocycles. The van der Waals surface area contributed by atoms with Crippen LogP contribution in [0.2, 0.25) is 0 Å². The minimum Gasteiger partial charge on any atom is -0.355 e. The first kappa shape index (κ1) is 15.1. The quantitative estimate of drug-likeness (QED) is 0.441. The lowest BCUT2D eigenvalue weighted by Crippen LogP contribution is -2.35. The van der Waals surface area contributed by atoms with Gasteiger partial charge in [0.1, 0.15) is 0 Å². The zero-order chi connectivity index (χ0) is 14.3. The molecular formula is C13H19N3O3. The highest BCUT2D eigenvalue weighted by Gasteiger charge is 2.08. The molecule has 1 aromatic rings. The van der Waals surface area contributed by atoms with Gasteiger partial charge in [0, 0.05) is 31.3 Å². The summed E-state index contributed by atoms with van der Waals surface area (Å²) in [5, 5.41) is 16.6. The van der Waals surface area contributed by atoms with Crippen molar-refractivity contribution in [3.63, 3.8) is 0 Å². The van der Waals surface area contributed by atoms with Gasteiger partial charge < -0.3 is 10.6 Å². The van der Waals surface area contributed by atoms with E-state index in [1.54, 1.807) is 12.1 Å². The molecule has 0 saturated heterocycles. The maximum absolute atomic E-state index is 11.6. The first-order chi connectivity index (χ1) is 8.99. The molecule has 0 atom stereocenters. The third-order valence-electron chi connectivity index (χ3n) is 2.49. The van der Waals surface area contributed by atoms with Gasteiger partial charge in [0.05, 0.1) is 11.3 Å². The Morgan fingerprint density at radius 2 is 2.11 bits per heavy atom. The van der Waals surface area contributed by atoms with Crippen LogP contribution in [0.4, 0.5) is 5.69 Å². The number of rotatable bonds is 7. The molecule has 1 aromatic carbocycles. The van der Waals surface area contributed by atoms with Crippen molar-refractivity contribution < 1.29 is 9.72 Å². The number of nitro groups is 1. The van der Waals surface area contributed by atoms with Gasteiger partial charge in [0.2, 0.25) is 5.91 Å². The summed E-state index contributed by atoms with van der Waals surface area (Å²) in [5.41, 5.74) is 0.648. The molecular weight excluding hydrogens is 246 g/mol. The number of carbonyl (C=O) groups is 1. The summed E-state index contributed by atoms with van der Waals surface area (Å²) in [7, 11) is 0. The molecule has 0 heterocycles. The van der Waals surface area contributed by atoms with Crippen LogP contribution in [0.5, 0.6) is 0 Å². The molecule has 0 spiro atoms. The molecule has 104 valence electrons. The number of nitro benzene ring substituents is 1. The van der Waals surface area contributed by atoms with Crippen molar-refractivity contribution in [2.75, 3.05) is 13.1 Å². The molecule has 0 saturated carbocycles. The summed E-state index contributed by atoms with van der Waals surface area (Å²) in [6.07, 6.45) is 0.156. The Morgan fingerprint density at radius 3 is 2.74 bits per heavy atom. The monoisotopic (exact) mass is 265 g/mol. The number of amides is 1. The molecule has 1 rings (SSSR count). The number of non-ortho nitro benzene ring substituents is 1. The molecule has 0 aromatic heterocycles. The van der Waals surface area contributed by atoms with Crippen molar-refractivity contribution >= 4 is 11.6 Å². The highest BCUT2D eigenvalue weighted by atomic mass is 16.6. The Labute approximate surface area is 112 Å². The Kier molecular flexibility index (Phi) is 5.95. The summed E-state index contributed by atoms with van der Waals surface area (Å²) in [5.74, 6) is -0.133. The van der Waals surface area contributed by atoms with Crippen molar-refractivity contribution in [1.82, 2.24) is 10.6 Å². The minimum absolute atomic E-state index is 0.00627. The lowest BCUT2D eigenvalue weighted by atomic mass is 10.1. The topological polar surface area (TPSA) is 84.3 Å². The highest BCUT2D eigenvalue weighted by molar-refractivity contribution is 5.78. The Bertz CT molecular complexity index is 447. The lowest BCUT2D eigenvalue weighted by molar-refractivity contribution is -0.384. The Balaban J connectivity index is 2.40. The van der Waals surface area contributed by atoms with Crippen LogP contribution in [0.1, 0.15) is 19.4 Å². The predicted octanol–water partition coefficient (Wildman–Crippen LogP) is 1.25. The van der Waals surface area contributed by atoms with Crippen LogP contribution in [-0.2, 0) is 11.2 Å². The standard InChI is InChI=1S/C13H19N3O3/c1-10(2)14-6-7-15-13(17)9-11-4-3-5-12(8-11)16(18)19/h3-5,8,10,14H,6-7,9H2,1-2H3,(H,15,17). The molecule has 19 heavy (non-hydrogen) atoms. The van der Waals surface area contributed by atoms with Gasteiger partial charge in [-0.1, -0.05) is 26.0 Å². The van der Waals surface area contributed by atoms with Gasteiger partial charge in [-0.05, 0) is 5.56 Å². The van der Waals surface area contributed by atoms with Crippen LogP contribution in [0, 0.1) is 10.1 Å². The van der Waals surface area contributed by atoms with Gasteiger partial charge in [0.25, 0.3) is 5.69 Å². The molecule has 2 N–H and O–H groups in total. The molecule has 6 heteroatoms. The fourth-order valence-corrected chi connectivity index (χ4v) is 1.59. The number of carbonyl (C=O) groups excluding carboxylic acids is 1. The zero-order valence-corrected chi connectivity index (χ0v) is 11.2.